The van der Waals surface area contributed by atoms with Gasteiger partial charge in [-0.3, -0.25) is 4.79 Å². The van der Waals surface area contributed by atoms with E-state index in [1.165, 1.54) is 0 Å². The molecule has 0 atom stereocenters. The number of carbonyl (C=O) groups excluding carboxylic acids is 1. The fraction of sp³-hybridized carbons (Fsp3) is 0.0833. The number of aryl methyl sites for hydroxylation is 1. The Hall–Kier alpha value is -2.82. The maximum Gasteiger partial charge on any atom is 0.266 e. The number of nitriles is 1. The monoisotopic (exact) mass is 528 g/mol. The van der Waals surface area contributed by atoms with Crippen molar-refractivity contribution < 1.29 is 9.53 Å². The molecule has 3 rings (SSSR count). The molecule has 0 saturated heterocycles. The molecule has 0 aliphatic carbocycles. The van der Waals surface area contributed by atoms with Gasteiger partial charge >= 0.3 is 0 Å². The van der Waals surface area contributed by atoms with Gasteiger partial charge < -0.3 is 10.1 Å². The van der Waals surface area contributed by atoms with Crippen LogP contribution in [-0.2, 0) is 11.4 Å². The summed E-state index contributed by atoms with van der Waals surface area (Å²) in [5.41, 5.74) is 3.53. The summed E-state index contributed by atoms with van der Waals surface area (Å²) >= 11 is 8.07. The third-order valence-electron chi connectivity index (χ3n) is 4.25. The summed E-state index contributed by atoms with van der Waals surface area (Å²) in [5.74, 6) is 0.282. The highest BCUT2D eigenvalue weighted by atomic mass is 127. The van der Waals surface area contributed by atoms with Gasteiger partial charge in [-0.2, -0.15) is 5.26 Å². The van der Waals surface area contributed by atoms with Crippen molar-refractivity contribution >= 4 is 51.9 Å². The van der Waals surface area contributed by atoms with Crippen LogP contribution in [0.15, 0.2) is 72.3 Å². The fourth-order valence-electron chi connectivity index (χ4n) is 2.62. The maximum atomic E-state index is 12.4. The third kappa shape index (κ3) is 6.09. The quantitative estimate of drug-likeness (QED) is 0.229. The second kappa shape index (κ2) is 10.3. The van der Waals surface area contributed by atoms with Gasteiger partial charge in [0.2, 0.25) is 0 Å². The lowest BCUT2D eigenvalue weighted by Gasteiger charge is -2.09. The molecule has 6 heteroatoms. The van der Waals surface area contributed by atoms with Gasteiger partial charge in [0, 0.05) is 10.7 Å². The molecule has 1 N–H and O–H groups in total. The minimum absolute atomic E-state index is 0.0289. The lowest BCUT2D eigenvalue weighted by Crippen LogP contribution is -2.13. The molecule has 30 heavy (non-hydrogen) atoms. The topological polar surface area (TPSA) is 62.1 Å². The molecule has 150 valence electrons. The molecule has 0 unspecified atom stereocenters. The van der Waals surface area contributed by atoms with Gasteiger partial charge in [0.25, 0.3) is 5.91 Å². The van der Waals surface area contributed by atoms with E-state index in [1.54, 1.807) is 18.2 Å². The van der Waals surface area contributed by atoms with E-state index in [9.17, 15) is 10.1 Å². The first-order valence-corrected chi connectivity index (χ1v) is 10.6. The van der Waals surface area contributed by atoms with Crippen LogP contribution in [0.2, 0.25) is 5.02 Å². The molecular formula is C24H18ClIN2O2. The van der Waals surface area contributed by atoms with Crippen molar-refractivity contribution in [2.75, 3.05) is 5.32 Å². The van der Waals surface area contributed by atoms with E-state index in [4.69, 9.17) is 16.3 Å². The van der Waals surface area contributed by atoms with Gasteiger partial charge in [-0.05, 0) is 83.1 Å². The summed E-state index contributed by atoms with van der Waals surface area (Å²) in [6.07, 6.45) is 1.56. The van der Waals surface area contributed by atoms with Crippen LogP contribution in [0.1, 0.15) is 16.7 Å². The van der Waals surface area contributed by atoms with Crippen molar-refractivity contribution in [3.05, 3.63) is 97.6 Å². The Morgan fingerprint density at radius 3 is 2.47 bits per heavy atom. The summed E-state index contributed by atoms with van der Waals surface area (Å²) in [6, 6.07) is 22.4. The highest BCUT2D eigenvalue weighted by Gasteiger charge is 2.10. The van der Waals surface area contributed by atoms with E-state index in [2.05, 4.69) is 27.9 Å². The van der Waals surface area contributed by atoms with E-state index < -0.39 is 5.91 Å². The van der Waals surface area contributed by atoms with Crippen LogP contribution < -0.4 is 10.1 Å². The Morgan fingerprint density at radius 1 is 1.13 bits per heavy atom. The first-order chi connectivity index (χ1) is 14.4. The van der Waals surface area contributed by atoms with Gasteiger partial charge in [-0.1, -0.05) is 47.5 Å². The highest BCUT2D eigenvalue weighted by molar-refractivity contribution is 14.1. The Morgan fingerprint density at radius 2 is 1.83 bits per heavy atom. The number of hydrogen-bond acceptors (Lipinski definition) is 3. The van der Waals surface area contributed by atoms with Crippen molar-refractivity contribution in [2.45, 2.75) is 13.5 Å². The molecule has 1 amide bonds. The van der Waals surface area contributed by atoms with E-state index in [0.29, 0.717) is 17.3 Å². The number of halogens is 2. The van der Waals surface area contributed by atoms with Crippen LogP contribution in [0.3, 0.4) is 0 Å². The molecule has 0 aliphatic heterocycles. The van der Waals surface area contributed by atoms with Crippen molar-refractivity contribution in [1.82, 2.24) is 0 Å². The summed E-state index contributed by atoms with van der Waals surface area (Å²) in [6.45, 7) is 2.39. The van der Waals surface area contributed by atoms with Crippen LogP contribution in [0.5, 0.6) is 5.75 Å². The first-order valence-electron chi connectivity index (χ1n) is 9.11. The zero-order valence-electron chi connectivity index (χ0n) is 16.2. The second-order valence-electron chi connectivity index (χ2n) is 6.59. The van der Waals surface area contributed by atoms with Crippen LogP contribution >= 0.6 is 34.2 Å². The SMILES string of the molecule is Cc1ccc(NC(=O)/C(C#N)=C\c2ccc(OCc3ccc(Cl)cc3)c(I)c2)cc1. The van der Waals surface area contributed by atoms with Crippen LogP contribution in [0.4, 0.5) is 5.69 Å². The number of nitrogens with zero attached hydrogens (tertiary/aromatic N) is 1. The van der Waals surface area contributed by atoms with Crippen molar-refractivity contribution in [2.24, 2.45) is 0 Å². The average molecular weight is 529 g/mol. The molecule has 3 aromatic carbocycles. The minimum atomic E-state index is -0.445. The van der Waals surface area contributed by atoms with Crippen LogP contribution in [-0.4, -0.2) is 5.91 Å². The van der Waals surface area contributed by atoms with Gasteiger partial charge in [-0.25, -0.2) is 0 Å². The molecule has 0 radical (unpaired) electrons. The van der Waals surface area contributed by atoms with E-state index >= 15 is 0 Å². The van der Waals surface area contributed by atoms with Crippen molar-refractivity contribution in [3.8, 4) is 11.8 Å². The number of anilines is 1. The number of amides is 1. The number of rotatable bonds is 6. The van der Waals surface area contributed by atoms with Crippen molar-refractivity contribution in [1.29, 1.82) is 5.26 Å². The van der Waals surface area contributed by atoms with Crippen molar-refractivity contribution in [3.63, 3.8) is 0 Å². The van der Waals surface area contributed by atoms with E-state index in [-0.39, 0.29) is 5.57 Å². The Balaban J connectivity index is 1.69. The predicted molar refractivity (Wildman–Crippen MR) is 128 cm³/mol. The third-order valence-corrected chi connectivity index (χ3v) is 5.34. The number of hydrogen-bond donors (Lipinski definition) is 1. The number of nitrogens with one attached hydrogen (secondary N) is 1. The molecule has 0 aromatic heterocycles. The maximum absolute atomic E-state index is 12.4. The molecule has 0 aliphatic rings. The minimum Gasteiger partial charge on any atom is -0.488 e. The summed E-state index contributed by atoms with van der Waals surface area (Å²) < 4.78 is 6.75. The standard InChI is InChI=1S/C24H18ClIN2O2/c1-16-2-9-21(10-3-16)28-24(29)19(14-27)12-18-6-11-23(22(26)13-18)30-15-17-4-7-20(25)8-5-17/h2-13H,15H2,1H3,(H,28,29)/b19-12-. The van der Waals surface area contributed by atoms with Gasteiger partial charge in [0.15, 0.2) is 0 Å². The smallest absolute Gasteiger partial charge is 0.266 e. The lowest BCUT2D eigenvalue weighted by atomic mass is 10.1. The normalized spacial score (nSPS) is 10.9. The van der Waals surface area contributed by atoms with E-state index in [0.717, 1.165) is 26.0 Å². The van der Waals surface area contributed by atoms with Crippen LogP contribution in [0.25, 0.3) is 6.08 Å². The summed E-state index contributed by atoms with van der Waals surface area (Å²) in [5, 5.41) is 12.8. The molecule has 0 spiro atoms. The molecule has 4 nitrogen and oxygen atoms in total. The molecule has 0 fully saturated rings. The zero-order valence-corrected chi connectivity index (χ0v) is 19.1. The number of carbonyl (C=O) groups is 1. The van der Waals surface area contributed by atoms with Gasteiger partial charge in [0.1, 0.15) is 24.0 Å². The molecule has 3 aromatic rings. The van der Waals surface area contributed by atoms with Crippen LogP contribution in [0, 0.1) is 21.8 Å². The highest BCUT2D eigenvalue weighted by Crippen LogP contribution is 2.25. The Labute approximate surface area is 194 Å². The zero-order chi connectivity index (χ0) is 21.5. The number of ether oxygens (including phenoxy) is 1. The number of benzene rings is 3. The molecule has 0 saturated carbocycles. The summed E-state index contributed by atoms with van der Waals surface area (Å²) in [7, 11) is 0. The lowest BCUT2D eigenvalue weighted by molar-refractivity contribution is -0.112. The molecule has 0 heterocycles. The van der Waals surface area contributed by atoms with E-state index in [1.807, 2.05) is 67.6 Å². The van der Waals surface area contributed by atoms with Gasteiger partial charge in [0.05, 0.1) is 3.57 Å². The predicted octanol–water partition coefficient (Wildman–Crippen LogP) is 6.38. The Bertz CT molecular complexity index is 1120. The first kappa shape index (κ1) is 21.9. The average Bonchev–Trinajstić information content (AvgIpc) is 2.74. The fourth-order valence-corrected chi connectivity index (χ4v) is 3.44. The Kier molecular flexibility index (Phi) is 7.50. The summed E-state index contributed by atoms with van der Waals surface area (Å²) in [4.78, 5) is 12.4. The van der Waals surface area contributed by atoms with Gasteiger partial charge in [-0.15, -0.1) is 0 Å². The second-order valence-corrected chi connectivity index (χ2v) is 8.19. The largest absolute Gasteiger partial charge is 0.488 e. The molecule has 0 bridgehead atoms. The molecular weight excluding hydrogens is 511 g/mol.